The minimum Gasteiger partial charge on any atom is -0.381 e. The average Bonchev–Trinajstić information content (AvgIpc) is 2.99. The number of hydrogen-bond acceptors (Lipinski definition) is 4. The zero-order valence-electron chi connectivity index (χ0n) is 26.5. The molecule has 0 radical (unpaired) electrons. The summed E-state index contributed by atoms with van der Waals surface area (Å²) in [5.74, 6) is 0. The van der Waals surface area contributed by atoms with Crippen LogP contribution in [0, 0.1) is 5.41 Å². The summed E-state index contributed by atoms with van der Waals surface area (Å²) in [6.45, 7) is 9.45. The van der Waals surface area contributed by atoms with Gasteiger partial charge in [0.05, 0.1) is 19.8 Å². The first-order valence-electron chi connectivity index (χ1n) is 17.2. The van der Waals surface area contributed by atoms with Crippen LogP contribution in [0.4, 0.5) is 0 Å². The maximum absolute atomic E-state index is 6.28. The Morgan fingerprint density at radius 1 is 0.575 bits per heavy atom. The van der Waals surface area contributed by atoms with E-state index >= 15 is 0 Å². The van der Waals surface area contributed by atoms with Crippen LogP contribution in [0.2, 0.25) is 0 Å². The average molecular weight is 561 g/mol. The molecule has 4 heteroatoms. The fourth-order valence-corrected chi connectivity index (χ4v) is 5.64. The highest BCUT2D eigenvalue weighted by Gasteiger charge is 2.37. The van der Waals surface area contributed by atoms with Gasteiger partial charge in [0.25, 0.3) is 0 Å². The number of rotatable bonds is 27. The number of unbranched alkanes of at least 4 members (excludes halogenated alkanes) is 16. The summed E-state index contributed by atoms with van der Waals surface area (Å²) < 4.78 is 24.6. The fraction of sp³-hybridized carbons (Fsp3) is 0.833. The molecule has 1 heterocycles. The predicted octanol–water partition coefficient (Wildman–Crippen LogP) is 10.6. The van der Waals surface area contributed by atoms with Crippen molar-refractivity contribution in [2.45, 2.75) is 149 Å². The minimum atomic E-state index is -0.252. The Labute approximate surface area is 248 Å². The van der Waals surface area contributed by atoms with Crippen molar-refractivity contribution in [3.8, 4) is 0 Å². The van der Waals surface area contributed by atoms with E-state index in [9.17, 15) is 0 Å². The standard InChI is InChI=1S/C36H64O4/c1-3-5-7-9-10-11-12-13-16-24-30-38-31-36(32-39-35(40-33-36)34-25-19-18-20-26-34)27-21-15-14-17-23-29-37-28-22-8-6-4-2/h18-20,25-26,35H,3-17,21-24,27-33H2,1-2H3/t35-,36+. The van der Waals surface area contributed by atoms with E-state index in [-0.39, 0.29) is 11.7 Å². The highest BCUT2D eigenvalue weighted by atomic mass is 16.7. The number of benzene rings is 1. The third-order valence-electron chi connectivity index (χ3n) is 8.34. The Bertz CT molecular complexity index is 626. The monoisotopic (exact) mass is 560 g/mol. The molecule has 40 heavy (non-hydrogen) atoms. The van der Waals surface area contributed by atoms with Crippen LogP contribution >= 0.6 is 0 Å². The minimum absolute atomic E-state index is 0.0225. The lowest BCUT2D eigenvalue weighted by Gasteiger charge is -2.40. The Hall–Kier alpha value is -0.940. The van der Waals surface area contributed by atoms with Gasteiger partial charge in [0, 0.05) is 30.8 Å². The molecule has 0 aromatic heterocycles. The van der Waals surface area contributed by atoms with Gasteiger partial charge in [-0.1, -0.05) is 147 Å². The summed E-state index contributed by atoms with van der Waals surface area (Å²) in [5.41, 5.74) is 1.08. The van der Waals surface area contributed by atoms with E-state index in [2.05, 4.69) is 38.1 Å². The summed E-state index contributed by atoms with van der Waals surface area (Å²) in [7, 11) is 0. The summed E-state index contributed by atoms with van der Waals surface area (Å²) in [6.07, 6.45) is 25.8. The van der Waals surface area contributed by atoms with Crippen molar-refractivity contribution in [2.24, 2.45) is 5.41 Å². The predicted molar refractivity (Wildman–Crippen MR) is 169 cm³/mol. The smallest absolute Gasteiger partial charge is 0.183 e. The van der Waals surface area contributed by atoms with Crippen LogP contribution in [-0.2, 0) is 18.9 Å². The quantitative estimate of drug-likeness (QED) is 0.100. The Balaban J connectivity index is 1.60. The molecule has 0 unspecified atom stereocenters. The molecule has 2 rings (SSSR count). The van der Waals surface area contributed by atoms with Crippen LogP contribution in [0.15, 0.2) is 30.3 Å². The van der Waals surface area contributed by atoms with Gasteiger partial charge in [0.2, 0.25) is 0 Å². The van der Waals surface area contributed by atoms with Gasteiger partial charge in [0.1, 0.15) is 0 Å². The maximum atomic E-state index is 6.28. The van der Waals surface area contributed by atoms with Crippen molar-refractivity contribution >= 4 is 0 Å². The number of hydrogen-bond donors (Lipinski definition) is 0. The van der Waals surface area contributed by atoms with Gasteiger partial charge in [-0.15, -0.1) is 0 Å². The van der Waals surface area contributed by atoms with Crippen molar-refractivity contribution in [2.75, 3.05) is 39.6 Å². The lowest BCUT2D eigenvalue weighted by molar-refractivity contribution is -0.246. The molecule has 232 valence electrons. The second-order valence-corrected chi connectivity index (χ2v) is 12.3. The van der Waals surface area contributed by atoms with Crippen molar-refractivity contribution in [1.82, 2.24) is 0 Å². The molecule has 1 aromatic carbocycles. The van der Waals surface area contributed by atoms with Crippen LogP contribution in [0.25, 0.3) is 0 Å². The fourth-order valence-electron chi connectivity index (χ4n) is 5.64. The molecule has 0 saturated carbocycles. The lowest BCUT2D eigenvalue weighted by atomic mass is 9.84. The van der Waals surface area contributed by atoms with Crippen molar-refractivity contribution in [1.29, 1.82) is 0 Å². The highest BCUT2D eigenvalue weighted by Crippen LogP contribution is 2.36. The van der Waals surface area contributed by atoms with E-state index in [1.54, 1.807) is 0 Å². The zero-order valence-corrected chi connectivity index (χ0v) is 26.5. The van der Waals surface area contributed by atoms with Crippen molar-refractivity contribution in [3.05, 3.63) is 35.9 Å². The first-order chi connectivity index (χ1) is 19.8. The molecule has 4 nitrogen and oxygen atoms in total. The van der Waals surface area contributed by atoms with E-state index < -0.39 is 0 Å². The van der Waals surface area contributed by atoms with Crippen LogP contribution in [-0.4, -0.2) is 39.6 Å². The van der Waals surface area contributed by atoms with Crippen molar-refractivity contribution < 1.29 is 18.9 Å². The molecule has 0 atom stereocenters. The molecule has 1 saturated heterocycles. The van der Waals surface area contributed by atoms with Gasteiger partial charge >= 0.3 is 0 Å². The van der Waals surface area contributed by atoms with Gasteiger partial charge in [-0.25, -0.2) is 0 Å². The Morgan fingerprint density at radius 3 is 1.57 bits per heavy atom. The summed E-state index contributed by atoms with van der Waals surface area (Å²) in [6, 6.07) is 10.3. The van der Waals surface area contributed by atoms with Crippen LogP contribution < -0.4 is 0 Å². The molecule has 1 fully saturated rings. The first kappa shape index (κ1) is 35.3. The van der Waals surface area contributed by atoms with E-state index in [4.69, 9.17) is 18.9 Å². The van der Waals surface area contributed by atoms with Gasteiger partial charge in [0.15, 0.2) is 6.29 Å². The van der Waals surface area contributed by atoms with Crippen molar-refractivity contribution in [3.63, 3.8) is 0 Å². The van der Waals surface area contributed by atoms with Crippen LogP contribution in [0.1, 0.15) is 154 Å². The lowest BCUT2D eigenvalue weighted by Crippen LogP contribution is -2.42. The topological polar surface area (TPSA) is 36.9 Å². The molecule has 0 bridgehead atoms. The Morgan fingerprint density at radius 2 is 1.02 bits per heavy atom. The molecule has 0 N–H and O–H groups in total. The summed E-state index contributed by atoms with van der Waals surface area (Å²) in [4.78, 5) is 0. The van der Waals surface area contributed by atoms with Gasteiger partial charge in [-0.2, -0.15) is 0 Å². The second-order valence-electron chi connectivity index (χ2n) is 12.3. The van der Waals surface area contributed by atoms with E-state index in [0.717, 1.165) is 51.6 Å². The number of ether oxygens (including phenoxy) is 4. The van der Waals surface area contributed by atoms with E-state index in [1.165, 1.54) is 122 Å². The van der Waals surface area contributed by atoms with E-state index in [0.29, 0.717) is 0 Å². The summed E-state index contributed by atoms with van der Waals surface area (Å²) in [5, 5.41) is 0. The normalized spacial score (nSPS) is 19.3. The third kappa shape index (κ3) is 17.1. The van der Waals surface area contributed by atoms with Gasteiger partial charge in [-0.3, -0.25) is 0 Å². The molecule has 1 aliphatic heterocycles. The SMILES string of the molecule is CCCCCCCCCCCCOC[C@]1(CCCCCCCOCCCCCC)CO[C@H](c2ccccc2)OC1. The molecular weight excluding hydrogens is 496 g/mol. The van der Waals surface area contributed by atoms with Crippen LogP contribution in [0.3, 0.4) is 0 Å². The van der Waals surface area contributed by atoms with Gasteiger partial charge < -0.3 is 18.9 Å². The Kier molecular flexibility index (Phi) is 21.7. The largest absolute Gasteiger partial charge is 0.381 e. The molecule has 1 aliphatic rings. The second kappa shape index (κ2) is 24.6. The molecule has 0 spiro atoms. The molecule has 0 aliphatic carbocycles. The van der Waals surface area contributed by atoms with E-state index in [1.807, 2.05) is 6.07 Å². The highest BCUT2D eigenvalue weighted by molar-refractivity contribution is 5.16. The third-order valence-corrected chi connectivity index (χ3v) is 8.34. The molecule has 0 amide bonds. The van der Waals surface area contributed by atoms with Crippen LogP contribution in [0.5, 0.6) is 0 Å². The molecule has 1 aromatic rings. The summed E-state index contributed by atoms with van der Waals surface area (Å²) >= 11 is 0. The maximum Gasteiger partial charge on any atom is 0.183 e. The van der Waals surface area contributed by atoms with Gasteiger partial charge in [-0.05, 0) is 25.7 Å². The first-order valence-corrected chi connectivity index (χ1v) is 17.2. The zero-order chi connectivity index (χ0) is 28.4. The molecular formula is C36H64O4.